The van der Waals surface area contributed by atoms with Crippen molar-refractivity contribution in [1.82, 2.24) is 0 Å². The Kier molecular flexibility index (Phi) is 3.43. The van der Waals surface area contributed by atoms with Crippen molar-refractivity contribution in [3.8, 4) is 17.6 Å². The number of hydrogen-bond donors (Lipinski definition) is 1. The Morgan fingerprint density at radius 1 is 1.05 bits per heavy atom. The molecule has 0 saturated heterocycles. The fraction of sp³-hybridized carbons (Fsp3) is 0.188. The Balaban J connectivity index is 2.48. The minimum Gasteiger partial charge on any atom is -0.455 e. The largest absolute Gasteiger partial charge is 0.455 e. The molecule has 19 heavy (non-hydrogen) atoms. The van der Waals surface area contributed by atoms with Crippen molar-refractivity contribution in [1.29, 1.82) is 5.26 Å². The molecule has 0 amide bonds. The Labute approximate surface area is 113 Å². The molecule has 2 N–H and O–H groups in total. The summed E-state index contributed by atoms with van der Waals surface area (Å²) in [7, 11) is 0. The number of nitriles is 1. The van der Waals surface area contributed by atoms with Gasteiger partial charge in [0.15, 0.2) is 0 Å². The van der Waals surface area contributed by atoms with E-state index in [1.807, 2.05) is 26.8 Å². The van der Waals surface area contributed by atoms with Gasteiger partial charge >= 0.3 is 0 Å². The molecular formula is C16H16N2O. The summed E-state index contributed by atoms with van der Waals surface area (Å²) in [4.78, 5) is 0. The minimum absolute atomic E-state index is 0.445. The first kappa shape index (κ1) is 13.0. The lowest BCUT2D eigenvalue weighted by Gasteiger charge is -2.14. The van der Waals surface area contributed by atoms with E-state index in [0.29, 0.717) is 17.0 Å². The Morgan fingerprint density at radius 2 is 1.74 bits per heavy atom. The highest BCUT2D eigenvalue weighted by Gasteiger charge is 2.10. The smallest absolute Gasteiger partial charge is 0.145 e. The van der Waals surface area contributed by atoms with E-state index in [4.69, 9.17) is 15.7 Å². The fourth-order valence-corrected chi connectivity index (χ4v) is 1.92. The van der Waals surface area contributed by atoms with E-state index < -0.39 is 0 Å². The minimum atomic E-state index is 0.445. The average Bonchev–Trinajstić information content (AvgIpc) is 2.40. The van der Waals surface area contributed by atoms with E-state index in [1.165, 1.54) is 0 Å². The van der Waals surface area contributed by atoms with Crippen molar-refractivity contribution >= 4 is 5.69 Å². The zero-order valence-corrected chi connectivity index (χ0v) is 11.3. The van der Waals surface area contributed by atoms with E-state index in [0.717, 1.165) is 22.4 Å². The molecule has 0 spiro atoms. The normalized spacial score (nSPS) is 10.0. The van der Waals surface area contributed by atoms with Gasteiger partial charge in [-0.3, -0.25) is 0 Å². The number of benzene rings is 2. The molecule has 0 radical (unpaired) electrons. The summed E-state index contributed by atoms with van der Waals surface area (Å²) in [6.45, 7) is 6.04. The first-order valence-electron chi connectivity index (χ1n) is 6.07. The van der Waals surface area contributed by atoms with Crippen LogP contribution in [-0.4, -0.2) is 0 Å². The molecule has 0 heterocycles. The zero-order chi connectivity index (χ0) is 14.0. The molecule has 2 aromatic rings. The van der Waals surface area contributed by atoms with Crippen LogP contribution in [0.2, 0.25) is 0 Å². The Morgan fingerprint density at radius 3 is 2.42 bits per heavy atom. The molecule has 3 nitrogen and oxygen atoms in total. The van der Waals surface area contributed by atoms with Crippen molar-refractivity contribution in [2.75, 3.05) is 5.73 Å². The SMILES string of the molecule is Cc1ccc(C)c(Oc2ccc(N)cc2C#N)c1C. The van der Waals surface area contributed by atoms with Crippen LogP contribution in [0, 0.1) is 32.1 Å². The molecule has 2 rings (SSSR count). The second-order valence-electron chi connectivity index (χ2n) is 4.62. The molecule has 0 atom stereocenters. The van der Waals surface area contributed by atoms with Crippen LogP contribution in [0.25, 0.3) is 0 Å². The van der Waals surface area contributed by atoms with Crippen molar-refractivity contribution in [2.45, 2.75) is 20.8 Å². The first-order valence-corrected chi connectivity index (χ1v) is 6.07. The summed E-state index contributed by atoms with van der Waals surface area (Å²) in [5, 5.41) is 9.13. The van der Waals surface area contributed by atoms with Gasteiger partial charge in [-0.1, -0.05) is 12.1 Å². The standard InChI is InChI=1S/C16H16N2O/c1-10-4-5-11(2)16(12(10)3)19-15-7-6-14(18)8-13(15)9-17/h4-8H,18H2,1-3H3. The molecule has 0 aliphatic heterocycles. The van der Waals surface area contributed by atoms with E-state index in [9.17, 15) is 0 Å². The van der Waals surface area contributed by atoms with Crippen molar-refractivity contribution in [2.24, 2.45) is 0 Å². The van der Waals surface area contributed by atoms with Crippen LogP contribution in [0.15, 0.2) is 30.3 Å². The van der Waals surface area contributed by atoms with Gasteiger partial charge < -0.3 is 10.5 Å². The van der Waals surface area contributed by atoms with Gasteiger partial charge in [0, 0.05) is 5.69 Å². The predicted molar refractivity (Wildman–Crippen MR) is 76.3 cm³/mol. The van der Waals surface area contributed by atoms with Crippen LogP contribution >= 0.6 is 0 Å². The highest BCUT2D eigenvalue weighted by atomic mass is 16.5. The van der Waals surface area contributed by atoms with Crippen LogP contribution in [0.3, 0.4) is 0 Å². The number of anilines is 1. The average molecular weight is 252 g/mol. The Bertz CT molecular complexity index is 669. The number of nitrogen functional groups attached to an aromatic ring is 1. The van der Waals surface area contributed by atoms with E-state index in [-0.39, 0.29) is 0 Å². The second kappa shape index (κ2) is 5.03. The van der Waals surface area contributed by atoms with Gasteiger partial charge in [-0.15, -0.1) is 0 Å². The molecule has 0 aromatic heterocycles. The third kappa shape index (κ3) is 2.53. The van der Waals surface area contributed by atoms with Gasteiger partial charge in [0.2, 0.25) is 0 Å². The number of nitrogens with zero attached hydrogens (tertiary/aromatic N) is 1. The molecule has 0 bridgehead atoms. The molecule has 2 aromatic carbocycles. The summed E-state index contributed by atoms with van der Waals surface area (Å²) in [5.74, 6) is 1.34. The lowest BCUT2D eigenvalue weighted by Crippen LogP contribution is -1.96. The third-order valence-corrected chi connectivity index (χ3v) is 3.21. The molecule has 0 aliphatic carbocycles. The van der Waals surface area contributed by atoms with Gasteiger partial charge in [0.25, 0.3) is 0 Å². The highest BCUT2D eigenvalue weighted by Crippen LogP contribution is 2.32. The molecule has 0 saturated carbocycles. The van der Waals surface area contributed by atoms with Crippen LogP contribution < -0.4 is 10.5 Å². The van der Waals surface area contributed by atoms with Crippen molar-refractivity contribution in [3.05, 3.63) is 52.6 Å². The van der Waals surface area contributed by atoms with Gasteiger partial charge in [0.05, 0.1) is 5.56 Å². The van der Waals surface area contributed by atoms with Crippen molar-refractivity contribution < 1.29 is 4.74 Å². The lowest BCUT2D eigenvalue weighted by molar-refractivity contribution is 0.473. The van der Waals surface area contributed by atoms with Crippen LogP contribution in [0.5, 0.6) is 11.5 Å². The Hall–Kier alpha value is -2.47. The summed E-state index contributed by atoms with van der Waals surface area (Å²) >= 11 is 0. The fourth-order valence-electron chi connectivity index (χ4n) is 1.92. The lowest BCUT2D eigenvalue weighted by atomic mass is 10.1. The molecule has 3 heteroatoms. The molecule has 96 valence electrons. The maximum atomic E-state index is 9.13. The van der Waals surface area contributed by atoms with Gasteiger partial charge in [0.1, 0.15) is 17.6 Å². The molecule has 0 aliphatic rings. The quantitative estimate of drug-likeness (QED) is 0.826. The maximum Gasteiger partial charge on any atom is 0.145 e. The number of hydrogen-bond acceptors (Lipinski definition) is 3. The number of rotatable bonds is 2. The van der Waals surface area contributed by atoms with Crippen LogP contribution in [0.4, 0.5) is 5.69 Å². The summed E-state index contributed by atoms with van der Waals surface area (Å²) in [6.07, 6.45) is 0. The first-order chi connectivity index (χ1) is 9.02. The van der Waals surface area contributed by atoms with Gasteiger partial charge in [-0.05, 0) is 55.7 Å². The van der Waals surface area contributed by atoms with E-state index >= 15 is 0 Å². The topological polar surface area (TPSA) is 59.0 Å². The molecule has 0 fully saturated rings. The van der Waals surface area contributed by atoms with E-state index in [2.05, 4.69) is 12.1 Å². The van der Waals surface area contributed by atoms with E-state index in [1.54, 1.807) is 18.2 Å². The molecule has 0 unspecified atom stereocenters. The highest BCUT2D eigenvalue weighted by molar-refractivity contribution is 5.55. The monoisotopic (exact) mass is 252 g/mol. The summed E-state index contributed by atoms with van der Waals surface area (Å²) < 4.78 is 5.92. The third-order valence-electron chi connectivity index (χ3n) is 3.21. The maximum absolute atomic E-state index is 9.13. The second-order valence-corrected chi connectivity index (χ2v) is 4.62. The summed E-state index contributed by atoms with van der Waals surface area (Å²) in [6, 6.07) is 11.3. The van der Waals surface area contributed by atoms with Crippen LogP contribution in [-0.2, 0) is 0 Å². The number of ether oxygens (including phenoxy) is 1. The zero-order valence-electron chi connectivity index (χ0n) is 11.3. The van der Waals surface area contributed by atoms with Crippen molar-refractivity contribution in [3.63, 3.8) is 0 Å². The van der Waals surface area contributed by atoms with Gasteiger partial charge in [-0.2, -0.15) is 5.26 Å². The molecular weight excluding hydrogens is 236 g/mol. The van der Waals surface area contributed by atoms with Gasteiger partial charge in [-0.25, -0.2) is 0 Å². The number of nitrogens with two attached hydrogens (primary N) is 1. The van der Waals surface area contributed by atoms with Crippen LogP contribution in [0.1, 0.15) is 22.3 Å². The number of aryl methyl sites for hydroxylation is 2. The predicted octanol–water partition coefficient (Wildman–Crippen LogP) is 3.86. The summed E-state index contributed by atoms with van der Waals surface area (Å²) in [5.41, 5.74) is 9.97.